The van der Waals surface area contributed by atoms with Gasteiger partial charge in [-0.15, -0.1) is 0 Å². The van der Waals surface area contributed by atoms with E-state index >= 15 is 0 Å². The van der Waals surface area contributed by atoms with E-state index in [1.165, 1.54) is 11.9 Å². The smallest absolute Gasteiger partial charge is 0.143 e. The Kier molecular flexibility index (Phi) is 2.59. The molecular formula is C13H16FN3. The maximum absolute atomic E-state index is 13.2. The van der Waals surface area contributed by atoms with Crippen molar-refractivity contribution in [3.8, 4) is 0 Å². The minimum absolute atomic E-state index is 0.268. The van der Waals surface area contributed by atoms with Gasteiger partial charge in [0, 0.05) is 24.7 Å². The summed E-state index contributed by atoms with van der Waals surface area (Å²) in [7, 11) is 2.00. The molecule has 90 valence electrons. The van der Waals surface area contributed by atoms with E-state index in [2.05, 4.69) is 20.9 Å². The third-order valence-electron chi connectivity index (χ3n) is 3.65. The topological polar surface area (TPSA) is 29.9 Å². The summed E-state index contributed by atoms with van der Waals surface area (Å²) in [5, 5.41) is 3.36. The highest BCUT2D eigenvalue weighted by atomic mass is 19.1. The third-order valence-corrected chi connectivity index (χ3v) is 3.65. The number of halogens is 1. The van der Waals surface area contributed by atoms with Crippen molar-refractivity contribution < 1.29 is 4.39 Å². The Labute approximate surface area is 99.7 Å². The second-order valence-corrected chi connectivity index (χ2v) is 4.71. The van der Waals surface area contributed by atoms with Gasteiger partial charge in [-0.2, -0.15) is 0 Å². The number of fused-ring (bicyclic) bond motifs is 1. The molecule has 0 spiro atoms. The van der Waals surface area contributed by atoms with Gasteiger partial charge in [-0.05, 0) is 32.0 Å². The summed E-state index contributed by atoms with van der Waals surface area (Å²) in [6.07, 6.45) is 3.58. The number of nitrogens with one attached hydrogen (secondary N) is 1. The van der Waals surface area contributed by atoms with Crippen LogP contribution in [0.25, 0.3) is 11.0 Å². The average Bonchev–Trinajstić information content (AvgIpc) is 2.68. The van der Waals surface area contributed by atoms with E-state index in [9.17, 15) is 4.39 Å². The van der Waals surface area contributed by atoms with Gasteiger partial charge in [-0.25, -0.2) is 4.39 Å². The molecule has 1 N–H and O–H groups in total. The summed E-state index contributed by atoms with van der Waals surface area (Å²) in [5.74, 6) is 0.300. The molecule has 1 aliphatic heterocycles. The molecule has 0 unspecified atom stereocenters. The highest BCUT2D eigenvalue weighted by molar-refractivity contribution is 5.77. The number of piperidine rings is 1. The first kappa shape index (κ1) is 10.7. The zero-order valence-electron chi connectivity index (χ0n) is 9.91. The molecule has 0 amide bonds. The van der Waals surface area contributed by atoms with E-state index in [0.717, 1.165) is 37.0 Å². The highest BCUT2D eigenvalue weighted by Crippen LogP contribution is 2.29. The molecule has 0 aliphatic carbocycles. The van der Waals surface area contributed by atoms with E-state index in [-0.39, 0.29) is 5.82 Å². The second kappa shape index (κ2) is 4.11. The van der Waals surface area contributed by atoms with Crippen molar-refractivity contribution in [1.29, 1.82) is 0 Å². The molecule has 1 aliphatic rings. The lowest BCUT2D eigenvalue weighted by Crippen LogP contribution is -2.27. The zero-order chi connectivity index (χ0) is 11.8. The van der Waals surface area contributed by atoms with Crippen LogP contribution in [0.3, 0.4) is 0 Å². The van der Waals surface area contributed by atoms with E-state index in [4.69, 9.17) is 0 Å². The summed E-state index contributed by atoms with van der Waals surface area (Å²) < 4.78 is 15.3. The number of aryl methyl sites for hydroxylation is 1. The van der Waals surface area contributed by atoms with Crippen LogP contribution in [-0.4, -0.2) is 22.6 Å². The molecule has 0 bridgehead atoms. The Balaban J connectivity index is 2.07. The predicted molar refractivity (Wildman–Crippen MR) is 65.5 cm³/mol. The number of nitrogens with zero attached hydrogens (tertiary/aromatic N) is 2. The molecule has 4 heteroatoms. The summed E-state index contributed by atoms with van der Waals surface area (Å²) >= 11 is 0. The number of hydrogen-bond acceptors (Lipinski definition) is 2. The number of hydrogen-bond donors (Lipinski definition) is 1. The predicted octanol–water partition coefficient (Wildman–Crippen LogP) is 2.18. The summed E-state index contributed by atoms with van der Waals surface area (Å²) in [6, 6.07) is 3.66. The normalized spacial score (nSPS) is 17.8. The molecule has 0 saturated carbocycles. The van der Waals surface area contributed by atoms with E-state index < -0.39 is 0 Å². The van der Waals surface area contributed by atoms with Gasteiger partial charge in [0.15, 0.2) is 0 Å². The van der Waals surface area contributed by atoms with Crippen LogP contribution in [-0.2, 0) is 7.05 Å². The average molecular weight is 233 g/mol. The van der Waals surface area contributed by atoms with Crippen LogP contribution in [0.2, 0.25) is 0 Å². The van der Waals surface area contributed by atoms with Gasteiger partial charge in [0.05, 0.1) is 17.2 Å². The van der Waals surface area contributed by atoms with Crippen molar-refractivity contribution in [3.05, 3.63) is 29.8 Å². The van der Waals surface area contributed by atoms with Gasteiger partial charge >= 0.3 is 0 Å². The lowest BCUT2D eigenvalue weighted by atomic mass is 9.95. The first-order valence-electron chi connectivity index (χ1n) is 6.07. The first-order chi connectivity index (χ1) is 8.25. The fraction of sp³-hybridized carbons (Fsp3) is 0.462. The first-order valence-corrected chi connectivity index (χ1v) is 6.07. The second-order valence-electron chi connectivity index (χ2n) is 4.71. The summed E-state index contributed by atoms with van der Waals surface area (Å²) in [4.78, 5) is 4.15. The molecule has 0 aromatic carbocycles. The van der Waals surface area contributed by atoms with Crippen molar-refractivity contribution >= 4 is 11.0 Å². The SMILES string of the molecule is Cn1c(C2CCNCC2)cc2ncc(F)cc21. The van der Waals surface area contributed by atoms with Crippen molar-refractivity contribution in [2.45, 2.75) is 18.8 Å². The van der Waals surface area contributed by atoms with Crippen molar-refractivity contribution in [1.82, 2.24) is 14.9 Å². The van der Waals surface area contributed by atoms with Crippen molar-refractivity contribution in [3.63, 3.8) is 0 Å². The van der Waals surface area contributed by atoms with Gasteiger partial charge in [0.1, 0.15) is 5.82 Å². The van der Waals surface area contributed by atoms with Gasteiger partial charge in [-0.1, -0.05) is 0 Å². The zero-order valence-corrected chi connectivity index (χ0v) is 9.91. The fourth-order valence-electron chi connectivity index (χ4n) is 2.70. The summed E-state index contributed by atoms with van der Waals surface area (Å²) in [5.41, 5.74) is 3.06. The van der Waals surface area contributed by atoms with Crippen LogP contribution in [0.5, 0.6) is 0 Å². The lowest BCUT2D eigenvalue weighted by molar-refractivity contribution is 0.446. The standard InChI is InChI=1S/C13H16FN3/c1-17-12(9-2-4-15-5-3-9)7-11-13(17)6-10(14)8-16-11/h6-9,15H,2-5H2,1H3. The molecular weight excluding hydrogens is 217 g/mol. The monoisotopic (exact) mass is 233 g/mol. The highest BCUT2D eigenvalue weighted by Gasteiger charge is 2.19. The van der Waals surface area contributed by atoms with Gasteiger partial charge in [-0.3, -0.25) is 4.98 Å². The van der Waals surface area contributed by atoms with E-state index in [0.29, 0.717) is 5.92 Å². The molecule has 17 heavy (non-hydrogen) atoms. The molecule has 2 aromatic rings. The minimum Gasteiger partial charge on any atom is -0.346 e. The van der Waals surface area contributed by atoms with Crippen LogP contribution in [0.4, 0.5) is 4.39 Å². The quantitative estimate of drug-likeness (QED) is 0.818. The largest absolute Gasteiger partial charge is 0.346 e. The number of pyridine rings is 1. The van der Waals surface area contributed by atoms with Crippen LogP contribution < -0.4 is 5.32 Å². The molecule has 1 fully saturated rings. The Hall–Kier alpha value is -1.42. The number of aromatic nitrogens is 2. The van der Waals surface area contributed by atoms with Crippen molar-refractivity contribution in [2.24, 2.45) is 7.05 Å². The van der Waals surface area contributed by atoms with Crippen molar-refractivity contribution in [2.75, 3.05) is 13.1 Å². The minimum atomic E-state index is -0.268. The number of rotatable bonds is 1. The third kappa shape index (κ3) is 1.82. The van der Waals surface area contributed by atoms with Crippen LogP contribution in [0, 0.1) is 5.82 Å². The maximum Gasteiger partial charge on any atom is 0.143 e. The molecule has 2 aromatic heterocycles. The van der Waals surface area contributed by atoms with Gasteiger partial charge < -0.3 is 9.88 Å². The van der Waals surface area contributed by atoms with E-state index in [1.54, 1.807) is 6.07 Å². The van der Waals surface area contributed by atoms with Crippen LogP contribution in [0.15, 0.2) is 18.3 Å². The van der Waals surface area contributed by atoms with Gasteiger partial charge in [0.2, 0.25) is 0 Å². The Morgan fingerprint density at radius 2 is 2.12 bits per heavy atom. The Morgan fingerprint density at radius 1 is 1.35 bits per heavy atom. The summed E-state index contributed by atoms with van der Waals surface area (Å²) in [6.45, 7) is 2.13. The fourth-order valence-corrected chi connectivity index (χ4v) is 2.70. The molecule has 3 rings (SSSR count). The van der Waals surface area contributed by atoms with Crippen LogP contribution >= 0.6 is 0 Å². The Bertz CT molecular complexity index is 541. The Morgan fingerprint density at radius 3 is 2.88 bits per heavy atom. The van der Waals surface area contributed by atoms with Crippen LogP contribution in [0.1, 0.15) is 24.5 Å². The maximum atomic E-state index is 13.2. The van der Waals surface area contributed by atoms with E-state index in [1.807, 2.05) is 7.05 Å². The lowest BCUT2D eigenvalue weighted by Gasteiger charge is -2.23. The molecule has 3 heterocycles. The van der Waals surface area contributed by atoms with Gasteiger partial charge in [0.25, 0.3) is 0 Å². The molecule has 0 atom stereocenters. The molecule has 0 radical (unpaired) electrons. The molecule has 3 nitrogen and oxygen atoms in total. The molecule has 1 saturated heterocycles.